The van der Waals surface area contributed by atoms with Gasteiger partial charge in [-0.2, -0.15) is 0 Å². The number of amides is 1. The zero-order valence-electron chi connectivity index (χ0n) is 12.4. The summed E-state index contributed by atoms with van der Waals surface area (Å²) in [6, 6.07) is 7.87. The molecule has 5 heteroatoms. The van der Waals surface area contributed by atoms with E-state index in [1.165, 1.54) is 0 Å². The fraction of sp³-hybridized carbons (Fsp3) is 0.533. The van der Waals surface area contributed by atoms with Crippen molar-refractivity contribution in [1.29, 1.82) is 0 Å². The van der Waals surface area contributed by atoms with Crippen molar-refractivity contribution in [3.05, 3.63) is 29.8 Å². The van der Waals surface area contributed by atoms with E-state index in [9.17, 15) is 4.79 Å². The van der Waals surface area contributed by atoms with Gasteiger partial charge in [-0.3, -0.25) is 4.79 Å². The summed E-state index contributed by atoms with van der Waals surface area (Å²) in [7, 11) is 1.62. The van der Waals surface area contributed by atoms with Crippen molar-refractivity contribution in [2.24, 2.45) is 0 Å². The number of carbonyl (C=O) groups excluding carboxylic acids is 1. The first-order valence-corrected chi connectivity index (χ1v) is 6.86. The average molecular weight is 280 g/mol. The monoisotopic (exact) mass is 280 g/mol. The van der Waals surface area contributed by atoms with E-state index in [1.807, 2.05) is 38.1 Å². The molecule has 1 amide bonds. The smallest absolute Gasteiger partial charge is 0.234 e. The van der Waals surface area contributed by atoms with Crippen molar-refractivity contribution < 1.29 is 14.3 Å². The number of rotatable bonds is 9. The molecule has 0 bridgehead atoms. The molecule has 0 radical (unpaired) electrons. The lowest BCUT2D eigenvalue weighted by molar-refractivity contribution is -0.121. The second-order valence-electron chi connectivity index (χ2n) is 4.61. The number of nitrogens with one attached hydrogen (secondary N) is 2. The maximum Gasteiger partial charge on any atom is 0.234 e. The number of carbonyl (C=O) groups is 1. The maximum atomic E-state index is 11.6. The van der Waals surface area contributed by atoms with Crippen LogP contribution >= 0.6 is 0 Å². The molecule has 0 fully saturated rings. The average Bonchev–Trinajstić information content (AvgIpc) is 2.39. The van der Waals surface area contributed by atoms with Crippen LogP contribution in [0.1, 0.15) is 19.4 Å². The summed E-state index contributed by atoms with van der Waals surface area (Å²) in [6.45, 7) is 5.95. The van der Waals surface area contributed by atoms with Gasteiger partial charge >= 0.3 is 0 Å². The van der Waals surface area contributed by atoms with Gasteiger partial charge in [0, 0.05) is 19.7 Å². The zero-order valence-corrected chi connectivity index (χ0v) is 12.4. The quantitative estimate of drug-likeness (QED) is 0.716. The van der Waals surface area contributed by atoms with Gasteiger partial charge in [0.25, 0.3) is 0 Å². The second kappa shape index (κ2) is 9.34. The molecule has 1 unspecified atom stereocenters. The van der Waals surface area contributed by atoms with Crippen LogP contribution in [0.25, 0.3) is 0 Å². The van der Waals surface area contributed by atoms with Crippen LogP contribution < -0.4 is 15.4 Å². The Kier molecular flexibility index (Phi) is 7.69. The number of hydrogen-bond acceptors (Lipinski definition) is 4. The molecule has 0 spiro atoms. The van der Waals surface area contributed by atoms with E-state index in [1.54, 1.807) is 7.11 Å². The summed E-state index contributed by atoms with van der Waals surface area (Å²) in [4.78, 5) is 11.6. The van der Waals surface area contributed by atoms with Crippen LogP contribution in [-0.2, 0) is 16.1 Å². The first-order valence-electron chi connectivity index (χ1n) is 6.86. The highest BCUT2D eigenvalue weighted by Gasteiger charge is 2.06. The SMILES string of the molecule is CCOc1cccc(CNCC(=O)NC(C)COC)c1. The highest BCUT2D eigenvalue weighted by atomic mass is 16.5. The molecule has 0 aliphatic rings. The molecular formula is C15H24N2O3. The van der Waals surface area contributed by atoms with Crippen LogP contribution in [0.4, 0.5) is 0 Å². The van der Waals surface area contributed by atoms with E-state index in [4.69, 9.17) is 9.47 Å². The molecule has 112 valence electrons. The zero-order chi connectivity index (χ0) is 14.8. The Labute approximate surface area is 120 Å². The third-order valence-electron chi connectivity index (χ3n) is 2.65. The molecule has 0 aliphatic carbocycles. The summed E-state index contributed by atoms with van der Waals surface area (Å²) in [6.07, 6.45) is 0. The lowest BCUT2D eigenvalue weighted by Gasteiger charge is -2.13. The Hall–Kier alpha value is -1.59. The topological polar surface area (TPSA) is 59.6 Å². The van der Waals surface area contributed by atoms with Gasteiger partial charge in [0.1, 0.15) is 5.75 Å². The van der Waals surface area contributed by atoms with Crippen molar-refractivity contribution in [2.45, 2.75) is 26.4 Å². The molecule has 1 rings (SSSR count). The first-order chi connectivity index (χ1) is 9.65. The Balaban J connectivity index is 2.29. The highest BCUT2D eigenvalue weighted by molar-refractivity contribution is 5.78. The standard InChI is InChI=1S/C15H24N2O3/c1-4-20-14-7-5-6-13(8-14)9-16-10-15(18)17-12(2)11-19-3/h5-8,12,16H,4,9-11H2,1-3H3,(H,17,18). The lowest BCUT2D eigenvalue weighted by atomic mass is 10.2. The van der Waals surface area contributed by atoms with E-state index < -0.39 is 0 Å². The van der Waals surface area contributed by atoms with Crippen LogP contribution in [0.5, 0.6) is 5.75 Å². The molecule has 2 N–H and O–H groups in total. The lowest BCUT2D eigenvalue weighted by Crippen LogP contribution is -2.40. The predicted molar refractivity (Wildman–Crippen MR) is 78.8 cm³/mol. The van der Waals surface area contributed by atoms with E-state index in [0.29, 0.717) is 19.8 Å². The third-order valence-corrected chi connectivity index (χ3v) is 2.65. The third kappa shape index (κ3) is 6.54. The molecule has 5 nitrogen and oxygen atoms in total. The van der Waals surface area contributed by atoms with Crippen molar-refractivity contribution in [3.63, 3.8) is 0 Å². The number of ether oxygens (including phenoxy) is 2. The fourth-order valence-corrected chi connectivity index (χ4v) is 1.85. The summed E-state index contributed by atoms with van der Waals surface area (Å²) in [5.74, 6) is 0.820. The minimum Gasteiger partial charge on any atom is -0.494 e. The van der Waals surface area contributed by atoms with Gasteiger partial charge in [-0.05, 0) is 31.5 Å². The second-order valence-corrected chi connectivity index (χ2v) is 4.61. The Morgan fingerprint density at radius 2 is 2.20 bits per heavy atom. The Morgan fingerprint density at radius 1 is 1.40 bits per heavy atom. The number of methoxy groups -OCH3 is 1. The minimum atomic E-state index is -0.0319. The molecule has 0 saturated carbocycles. The van der Waals surface area contributed by atoms with Crippen molar-refractivity contribution in [2.75, 3.05) is 26.9 Å². The van der Waals surface area contributed by atoms with Gasteiger partial charge < -0.3 is 20.1 Å². The maximum absolute atomic E-state index is 11.6. The van der Waals surface area contributed by atoms with Crippen molar-refractivity contribution >= 4 is 5.91 Å². The van der Waals surface area contributed by atoms with Crippen molar-refractivity contribution in [3.8, 4) is 5.75 Å². The summed E-state index contributed by atoms with van der Waals surface area (Å²) >= 11 is 0. The van der Waals surface area contributed by atoms with Gasteiger partial charge in [0.2, 0.25) is 5.91 Å². The number of benzene rings is 1. The van der Waals surface area contributed by atoms with Gasteiger partial charge in [0.05, 0.1) is 19.8 Å². The normalized spacial score (nSPS) is 11.9. The van der Waals surface area contributed by atoms with E-state index in [2.05, 4.69) is 10.6 Å². The molecule has 0 aromatic heterocycles. The summed E-state index contributed by atoms with van der Waals surface area (Å²) in [5.41, 5.74) is 1.09. The molecule has 0 saturated heterocycles. The van der Waals surface area contributed by atoms with Crippen LogP contribution in [-0.4, -0.2) is 38.8 Å². The van der Waals surface area contributed by atoms with Crippen LogP contribution in [0.3, 0.4) is 0 Å². The molecule has 1 atom stereocenters. The van der Waals surface area contributed by atoms with Crippen LogP contribution in [0.15, 0.2) is 24.3 Å². The van der Waals surface area contributed by atoms with Gasteiger partial charge in [0.15, 0.2) is 0 Å². The minimum absolute atomic E-state index is 0.0237. The Morgan fingerprint density at radius 3 is 2.90 bits per heavy atom. The number of hydrogen-bond donors (Lipinski definition) is 2. The largest absolute Gasteiger partial charge is 0.494 e. The highest BCUT2D eigenvalue weighted by Crippen LogP contribution is 2.12. The fourth-order valence-electron chi connectivity index (χ4n) is 1.85. The van der Waals surface area contributed by atoms with Crippen LogP contribution in [0, 0.1) is 0 Å². The van der Waals surface area contributed by atoms with E-state index in [-0.39, 0.29) is 18.5 Å². The van der Waals surface area contributed by atoms with Crippen LogP contribution in [0.2, 0.25) is 0 Å². The van der Waals surface area contributed by atoms with E-state index in [0.717, 1.165) is 11.3 Å². The summed E-state index contributed by atoms with van der Waals surface area (Å²) < 4.78 is 10.4. The van der Waals surface area contributed by atoms with Gasteiger partial charge in [-0.15, -0.1) is 0 Å². The van der Waals surface area contributed by atoms with E-state index >= 15 is 0 Å². The molecule has 20 heavy (non-hydrogen) atoms. The Bertz CT molecular complexity index is 410. The van der Waals surface area contributed by atoms with Crippen molar-refractivity contribution in [1.82, 2.24) is 10.6 Å². The predicted octanol–water partition coefficient (Wildman–Crippen LogP) is 1.33. The molecular weight excluding hydrogens is 256 g/mol. The molecule has 0 aliphatic heterocycles. The molecule has 1 aromatic carbocycles. The van der Waals surface area contributed by atoms with Gasteiger partial charge in [-0.1, -0.05) is 12.1 Å². The molecule has 0 heterocycles. The first kappa shape index (κ1) is 16.5. The van der Waals surface area contributed by atoms with Gasteiger partial charge in [-0.25, -0.2) is 0 Å². The molecule has 1 aromatic rings. The summed E-state index contributed by atoms with van der Waals surface area (Å²) in [5, 5.41) is 5.96.